The number of hydrogen-bond donors (Lipinski definition) is 0. The fourth-order valence-corrected chi connectivity index (χ4v) is 18.7. The maximum Gasteiger partial charge on any atom is 0.0640 e. The van der Waals surface area contributed by atoms with Crippen LogP contribution >= 0.6 is 22.7 Å². The molecule has 0 bridgehead atoms. The maximum atomic E-state index is 2.65. The number of para-hydroxylation sites is 4. The van der Waals surface area contributed by atoms with Crippen LogP contribution in [0.25, 0.3) is 161 Å². The second kappa shape index (κ2) is 20.7. The van der Waals surface area contributed by atoms with Crippen molar-refractivity contribution in [3.63, 3.8) is 0 Å². The van der Waals surface area contributed by atoms with Gasteiger partial charge in [-0.2, -0.15) is 0 Å². The van der Waals surface area contributed by atoms with E-state index in [1.807, 2.05) is 22.7 Å². The standard InChI is InChI=1S/C90H54N4S2/c1-5-23-55(24-6-1)81-83-73-41-19-37-69-66-50-48-60(58-28-18-34-64(52-58)92(62-31-11-4-12-32-62)76-44-22-40-72-68-36-14-16-46-80(68)96-90(72)76)54-78(66)94(85(69)73)88(83)82(56-25-7-2-8-26-56)84-74-42-20-38-70-65-49-47-59(53-77(65)93(86(70)74)87(81)84)57-27-17-33-63(51-57)91(61-29-9-3-10-30-61)75-43-21-39-71-67-35-13-15-45-79(67)95-89(71)75/h1-54H. The van der Waals surface area contributed by atoms with Crippen LogP contribution in [0.5, 0.6) is 0 Å². The Labute approximate surface area is 560 Å². The summed E-state index contributed by atoms with van der Waals surface area (Å²) < 4.78 is 10.4. The van der Waals surface area contributed by atoms with Crippen LogP contribution < -0.4 is 9.80 Å². The minimum absolute atomic E-state index is 1.11. The topological polar surface area (TPSA) is 15.3 Å². The van der Waals surface area contributed by atoms with Crippen LogP contribution in [0, 0.1) is 0 Å². The number of hydrogen-bond acceptors (Lipinski definition) is 4. The normalized spacial score (nSPS) is 12.2. The monoisotopic (exact) mass is 1250 g/mol. The Bertz CT molecular complexity index is 6290. The largest absolute Gasteiger partial charge is 0.309 e. The molecule has 0 spiro atoms. The molecule has 0 N–H and O–H groups in total. The van der Waals surface area contributed by atoms with Crippen molar-refractivity contribution in [2.45, 2.75) is 0 Å². The van der Waals surface area contributed by atoms with Gasteiger partial charge in [-0.3, -0.25) is 0 Å². The third-order valence-electron chi connectivity index (χ3n) is 20.3. The lowest BCUT2D eigenvalue weighted by molar-refractivity contribution is 1.30. The van der Waals surface area contributed by atoms with Crippen LogP contribution in [0.15, 0.2) is 328 Å². The van der Waals surface area contributed by atoms with Gasteiger partial charge in [0, 0.05) is 108 Å². The molecule has 4 nitrogen and oxygen atoms in total. The lowest BCUT2D eigenvalue weighted by Gasteiger charge is -2.26. The van der Waals surface area contributed by atoms with Crippen molar-refractivity contribution in [1.82, 2.24) is 8.80 Å². The summed E-state index contributed by atoms with van der Waals surface area (Å²) in [6.45, 7) is 0. The number of nitrogens with zero attached hydrogens (tertiary/aromatic N) is 4. The van der Waals surface area contributed by atoms with E-state index in [2.05, 4.69) is 346 Å². The first-order chi connectivity index (χ1) is 47.7. The molecule has 0 radical (unpaired) electrons. The molecule has 0 atom stereocenters. The average molecular weight is 1260 g/mol. The van der Waals surface area contributed by atoms with Gasteiger partial charge in [0.1, 0.15) is 0 Å². The van der Waals surface area contributed by atoms with Crippen LogP contribution in [0.2, 0.25) is 0 Å². The fraction of sp³-hybridized carbons (Fsp3) is 0. The summed E-state index contributed by atoms with van der Waals surface area (Å²) >= 11 is 3.74. The highest BCUT2D eigenvalue weighted by molar-refractivity contribution is 7.26. The second-order valence-corrected chi connectivity index (χ2v) is 27.5. The zero-order chi connectivity index (χ0) is 62.7. The van der Waals surface area contributed by atoms with Gasteiger partial charge in [-0.05, 0) is 118 Å². The molecule has 446 valence electrons. The SMILES string of the molecule is c1ccc(-c2c3c4cccc5c6ccc(-c7cccc(N(c8ccccc8)c8cccc9c8sc8ccccc89)c7)cc6n(c3c(-c3ccccc3)c3c6cccc7c8ccc(-c9cccc(N(c%10ccccc%10)c%10cccc%11c%10sc%10ccccc%10%11)c9)cc8n(c23)c76)c54)cc1. The minimum atomic E-state index is 1.11. The first-order valence-electron chi connectivity index (χ1n) is 32.9. The van der Waals surface area contributed by atoms with E-state index < -0.39 is 0 Å². The van der Waals surface area contributed by atoms with E-state index in [0.29, 0.717) is 0 Å². The van der Waals surface area contributed by atoms with Crippen LogP contribution in [-0.2, 0) is 0 Å². The van der Waals surface area contributed by atoms with E-state index in [9.17, 15) is 0 Å². The molecule has 0 fully saturated rings. The molecular formula is C90H54N4S2. The Kier molecular flexibility index (Phi) is 11.5. The third-order valence-corrected chi connectivity index (χ3v) is 22.7. The lowest BCUT2D eigenvalue weighted by atomic mass is 9.89. The van der Waals surface area contributed by atoms with Crippen LogP contribution in [0.1, 0.15) is 0 Å². The highest BCUT2D eigenvalue weighted by atomic mass is 32.1. The molecule has 0 aliphatic heterocycles. The van der Waals surface area contributed by atoms with Crippen molar-refractivity contribution in [2.24, 2.45) is 0 Å². The molecule has 0 saturated carbocycles. The molecular weight excluding hydrogens is 1200 g/mol. The molecule has 0 amide bonds. The number of rotatable bonds is 10. The second-order valence-electron chi connectivity index (χ2n) is 25.4. The van der Waals surface area contributed by atoms with Crippen LogP contribution in [-0.4, -0.2) is 8.80 Å². The predicted molar refractivity (Wildman–Crippen MR) is 413 cm³/mol. The van der Waals surface area contributed by atoms with Crippen molar-refractivity contribution in [3.8, 4) is 44.5 Å². The van der Waals surface area contributed by atoms with Gasteiger partial charge in [-0.1, -0.05) is 243 Å². The van der Waals surface area contributed by atoms with Gasteiger partial charge >= 0.3 is 0 Å². The Morgan fingerprint density at radius 2 is 0.552 bits per heavy atom. The summed E-state index contributed by atoms with van der Waals surface area (Å²) in [5, 5.41) is 15.1. The lowest BCUT2D eigenvalue weighted by Crippen LogP contribution is -2.10. The highest BCUT2D eigenvalue weighted by Crippen LogP contribution is 2.55. The van der Waals surface area contributed by atoms with Crippen molar-refractivity contribution < 1.29 is 0 Å². The molecule has 0 unspecified atom stereocenters. The van der Waals surface area contributed by atoms with Gasteiger partial charge in [-0.15, -0.1) is 22.7 Å². The molecule has 15 aromatic carbocycles. The number of aromatic nitrogens is 2. The summed E-state index contributed by atoms with van der Waals surface area (Å²) in [5.41, 5.74) is 23.5. The van der Waals surface area contributed by atoms with Gasteiger partial charge < -0.3 is 18.6 Å². The number of thiophene rings is 2. The quantitative estimate of drug-likeness (QED) is 0.136. The third kappa shape index (κ3) is 7.71. The van der Waals surface area contributed by atoms with E-state index >= 15 is 0 Å². The van der Waals surface area contributed by atoms with E-state index in [4.69, 9.17) is 0 Å². The zero-order valence-corrected chi connectivity index (χ0v) is 53.4. The van der Waals surface area contributed by atoms with Crippen molar-refractivity contribution in [1.29, 1.82) is 0 Å². The molecule has 0 aliphatic rings. The Balaban J connectivity index is 0.805. The Morgan fingerprint density at radius 3 is 1.00 bits per heavy atom. The van der Waals surface area contributed by atoms with Crippen LogP contribution in [0.3, 0.4) is 0 Å². The molecule has 0 aliphatic carbocycles. The molecule has 6 heterocycles. The first-order valence-corrected chi connectivity index (χ1v) is 34.5. The maximum absolute atomic E-state index is 2.65. The first kappa shape index (κ1) is 53.4. The summed E-state index contributed by atoms with van der Waals surface area (Å²) in [7, 11) is 0. The Morgan fingerprint density at radius 1 is 0.219 bits per heavy atom. The average Bonchev–Trinajstić information content (AvgIpc) is 1.49. The molecule has 21 aromatic rings. The highest BCUT2D eigenvalue weighted by Gasteiger charge is 2.31. The smallest absolute Gasteiger partial charge is 0.0640 e. The van der Waals surface area contributed by atoms with Gasteiger partial charge in [0.25, 0.3) is 0 Å². The fourth-order valence-electron chi connectivity index (χ4n) is 16.3. The van der Waals surface area contributed by atoms with Crippen molar-refractivity contribution >= 4 is 173 Å². The summed E-state index contributed by atoms with van der Waals surface area (Å²) in [4.78, 5) is 4.89. The summed E-state index contributed by atoms with van der Waals surface area (Å²) in [6.07, 6.45) is 0. The molecule has 21 rings (SSSR count). The van der Waals surface area contributed by atoms with Gasteiger partial charge in [0.15, 0.2) is 0 Å². The van der Waals surface area contributed by atoms with E-state index in [1.165, 1.54) is 150 Å². The van der Waals surface area contributed by atoms with Gasteiger partial charge in [0.05, 0.1) is 53.9 Å². The van der Waals surface area contributed by atoms with Crippen molar-refractivity contribution in [2.75, 3.05) is 9.80 Å². The van der Waals surface area contributed by atoms with Crippen LogP contribution in [0.4, 0.5) is 34.1 Å². The minimum Gasteiger partial charge on any atom is -0.309 e. The molecule has 0 saturated heterocycles. The molecule has 6 aromatic heterocycles. The van der Waals surface area contributed by atoms with E-state index in [0.717, 1.165) is 45.0 Å². The van der Waals surface area contributed by atoms with E-state index in [1.54, 1.807) is 0 Å². The predicted octanol–water partition coefficient (Wildman–Crippen LogP) is 26.3. The van der Waals surface area contributed by atoms with Gasteiger partial charge in [-0.25, -0.2) is 0 Å². The van der Waals surface area contributed by atoms with Gasteiger partial charge in [0.2, 0.25) is 0 Å². The molecule has 6 heteroatoms. The van der Waals surface area contributed by atoms with Crippen molar-refractivity contribution in [3.05, 3.63) is 328 Å². The summed E-state index contributed by atoms with van der Waals surface area (Å²) in [6, 6.07) is 122. The van der Waals surface area contributed by atoms with E-state index in [-0.39, 0.29) is 0 Å². The number of anilines is 6. The number of fused-ring (bicyclic) bond motifs is 18. The number of benzene rings is 15. The zero-order valence-electron chi connectivity index (χ0n) is 51.8. The molecule has 96 heavy (non-hydrogen) atoms. The Hall–Kier alpha value is -12.1. The summed E-state index contributed by atoms with van der Waals surface area (Å²) in [5.74, 6) is 0.